The first-order chi connectivity index (χ1) is 16.5. The number of nitrogens with one attached hydrogen (secondary N) is 1. The number of hydrogen-bond donors (Lipinski definition) is 2. The lowest BCUT2D eigenvalue weighted by Gasteiger charge is -2.22. The second kappa shape index (κ2) is 10.8. The predicted molar refractivity (Wildman–Crippen MR) is 131 cm³/mol. The van der Waals surface area contributed by atoms with E-state index in [0.717, 1.165) is 40.8 Å². The van der Waals surface area contributed by atoms with Crippen LogP contribution in [0.25, 0.3) is 11.4 Å². The number of aromatic nitrogens is 2. The van der Waals surface area contributed by atoms with E-state index in [1.807, 2.05) is 14.1 Å². The molecule has 7 nitrogen and oxygen atoms in total. The van der Waals surface area contributed by atoms with Gasteiger partial charge in [-0.3, -0.25) is 4.79 Å². The Balaban J connectivity index is 1.63. The van der Waals surface area contributed by atoms with Gasteiger partial charge in [-0.2, -0.15) is 0 Å². The lowest BCUT2D eigenvalue weighted by atomic mass is 10.1. The van der Waals surface area contributed by atoms with Crippen molar-refractivity contribution in [2.24, 2.45) is 0 Å². The standard InChI is InChI=1S/C25H27FN4O3S/c1-27-15-16-5-8-18(9-6-16)30(2)25-23-20(11-13-34-23)28-24(29-25)17-7-10-19(26)21(14-17)33-12-3-4-22(31)32/h5-10,14,27H,3-4,11-13,15H2,1-2H3,(H,31,32). The molecule has 0 spiro atoms. The van der Waals surface area contributed by atoms with Crippen molar-refractivity contribution >= 4 is 29.2 Å². The number of halogens is 1. The zero-order valence-corrected chi connectivity index (χ0v) is 20.0. The molecule has 0 amide bonds. The lowest BCUT2D eigenvalue weighted by molar-refractivity contribution is -0.137. The van der Waals surface area contributed by atoms with Gasteiger partial charge >= 0.3 is 5.97 Å². The van der Waals surface area contributed by atoms with Crippen molar-refractivity contribution < 1.29 is 19.0 Å². The van der Waals surface area contributed by atoms with E-state index in [2.05, 4.69) is 34.5 Å². The number of fused-ring (bicyclic) bond motifs is 1. The summed E-state index contributed by atoms with van der Waals surface area (Å²) >= 11 is 1.74. The van der Waals surface area contributed by atoms with Gasteiger partial charge in [-0.25, -0.2) is 14.4 Å². The molecule has 4 rings (SSSR count). The van der Waals surface area contributed by atoms with Gasteiger partial charge in [-0.1, -0.05) is 12.1 Å². The van der Waals surface area contributed by atoms with E-state index >= 15 is 0 Å². The summed E-state index contributed by atoms with van der Waals surface area (Å²) in [7, 11) is 3.91. The molecule has 0 saturated heterocycles. The number of carboxylic acid groups (broad SMARTS) is 1. The molecule has 2 aromatic carbocycles. The van der Waals surface area contributed by atoms with Crippen LogP contribution < -0.4 is 15.0 Å². The van der Waals surface area contributed by atoms with Gasteiger partial charge in [0.05, 0.1) is 17.2 Å². The van der Waals surface area contributed by atoms with Gasteiger partial charge in [-0.15, -0.1) is 11.8 Å². The fourth-order valence-corrected chi connectivity index (χ4v) is 4.86. The van der Waals surface area contributed by atoms with Gasteiger partial charge in [0, 0.05) is 43.4 Å². The molecule has 0 radical (unpaired) electrons. The van der Waals surface area contributed by atoms with Crippen LogP contribution >= 0.6 is 11.8 Å². The zero-order chi connectivity index (χ0) is 24.1. The monoisotopic (exact) mass is 482 g/mol. The fraction of sp³-hybridized carbons (Fsp3) is 0.320. The van der Waals surface area contributed by atoms with Crippen LogP contribution in [-0.4, -0.2) is 47.5 Å². The van der Waals surface area contributed by atoms with Crippen molar-refractivity contribution in [1.29, 1.82) is 0 Å². The van der Waals surface area contributed by atoms with Crippen molar-refractivity contribution in [3.05, 3.63) is 59.5 Å². The molecule has 0 atom stereocenters. The van der Waals surface area contributed by atoms with E-state index in [-0.39, 0.29) is 18.8 Å². The first-order valence-corrected chi connectivity index (χ1v) is 12.1. The summed E-state index contributed by atoms with van der Waals surface area (Å²) in [6.45, 7) is 0.921. The average molecular weight is 483 g/mol. The molecular weight excluding hydrogens is 455 g/mol. The maximum Gasteiger partial charge on any atom is 0.303 e. The van der Waals surface area contributed by atoms with Crippen molar-refractivity contribution in [1.82, 2.24) is 15.3 Å². The van der Waals surface area contributed by atoms with Crippen LogP contribution in [0, 0.1) is 5.82 Å². The average Bonchev–Trinajstić information content (AvgIpc) is 3.31. The second-order valence-corrected chi connectivity index (χ2v) is 9.10. The van der Waals surface area contributed by atoms with E-state index < -0.39 is 11.8 Å². The van der Waals surface area contributed by atoms with Crippen LogP contribution in [-0.2, 0) is 17.8 Å². The van der Waals surface area contributed by atoms with Crippen LogP contribution in [0.3, 0.4) is 0 Å². The highest BCUT2D eigenvalue weighted by Gasteiger charge is 2.24. The molecule has 0 unspecified atom stereocenters. The van der Waals surface area contributed by atoms with Gasteiger partial charge in [0.15, 0.2) is 23.2 Å². The third-order valence-corrected chi connectivity index (χ3v) is 6.62. The van der Waals surface area contributed by atoms with Gasteiger partial charge in [-0.05, 0) is 49.4 Å². The van der Waals surface area contributed by atoms with E-state index in [1.165, 1.54) is 11.6 Å². The molecule has 0 bridgehead atoms. The maximum absolute atomic E-state index is 14.3. The Hall–Kier alpha value is -3.17. The summed E-state index contributed by atoms with van der Waals surface area (Å²) in [5.41, 5.74) is 3.84. The Labute approximate surface area is 202 Å². The van der Waals surface area contributed by atoms with E-state index in [1.54, 1.807) is 23.9 Å². The third-order valence-electron chi connectivity index (χ3n) is 5.51. The topological polar surface area (TPSA) is 87.6 Å². The predicted octanol–water partition coefficient (Wildman–Crippen LogP) is 4.66. The Kier molecular flexibility index (Phi) is 7.64. The SMILES string of the molecule is CNCc1ccc(N(C)c2nc(-c3ccc(F)c(OCCCC(=O)O)c3)nc3c2SCC3)cc1. The maximum atomic E-state index is 14.3. The van der Waals surface area contributed by atoms with E-state index in [9.17, 15) is 9.18 Å². The van der Waals surface area contributed by atoms with Crippen molar-refractivity contribution in [3.63, 3.8) is 0 Å². The molecule has 2 heterocycles. The summed E-state index contributed by atoms with van der Waals surface area (Å²) in [6, 6.07) is 12.9. The lowest BCUT2D eigenvalue weighted by Crippen LogP contribution is -2.14. The number of carbonyl (C=O) groups is 1. The normalized spacial score (nSPS) is 12.4. The second-order valence-electron chi connectivity index (χ2n) is 7.99. The fourth-order valence-electron chi connectivity index (χ4n) is 3.73. The number of aliphatic carboxylic acids is 1. The molecule has 178 valence electrons. The van der Waals surface area contributed by atoms with Gasteiger partial charge in [0.25, 0.3) is 0 Å². The molecule has 0 fully saturated rings. The largest absolute Gasteiger partial charge is 0.490 e. The summed E-state index contributed by atoms with van der Waals surface area (Å²) in [5, 5.41) is 11.9. The highest BCUT2D eigenvalue weighted by Crippen LogP contribution is 2.40. The van der Waals surface area contributed by atoms with Gasteiger partial charge in [0.2, 0.25) is 0 Å². The van der Waals surface area contributed by atoms with E-state index in [4.69, 9.17) is 19.8 Å². The number of benzene rings is 2. The Bertz CT molecular complexity index is 1170. The smallest absolute Gasteiger partial charge is 0.303 e. The van der Waals surface area contributed by atoms with Crippen molar-refractivity contribution in [2.45, 2.75) is 30.7 Å². The van der Waals surface area contributed by atoms with Crippen molar-refractivity contribution in [2.75, 3.05) is 31.4 Å². The Morgan fingerprint density at radius 3 is 2.76 bits per heavy atom. The number of carboxylic acids is 1. The van der Waals surface area contributed by atoms with Crippen LogP contribution in [0.4, 0.5) is 15.9 Å². The number of anilines is 2. The Morgan fingerprint density at radius 2 is 2.03 bits per heavy atom. The highest BCUT2D eigenvalue weighted by atomic mass is 32.2. The minimum absolute atomic E-state index is 0.0292. The van der Waals surface area contributed by atoms with Crippen molar-refractivity contribution in [3.8, 4) is 17.1 Å². The van der Waals surface area contributed by atoms with Crippen LogP contribution in [0.2, 0.25) is 0 Å². The minimum Gasteiger partial charge on any atom is -0.490 e. The molecular formula is C25H27FN4O3S. The molecule has 3 aromatic rings. The molecule has 1 aliphatic heterocycles. The number of nitrogens with zero attached hydrogens (tertiary/aromatic N) is 3. The summed E-state index contributed by atoms with van der Waals surface area (Å²) < 4.78 is 19.8. The first-order valence-electron chi connectivity index (χ1n) is 11.1. The van der Waals surface area contributed by atoms with Gasteiger partial charge < -0.3 is 20.1 Å². The molecule has 9 heteroatoms. The molecule has 0 aliphatic carbocycles. The number of aryl methyl sites for hydroxylation is 1. The van der Waals surface area contributed by atoms with Crippen LogP contribution in [0.1, 0.15) is 24.1 Å². The number of rotatable bonds is 10. The number of hydrogen-bond acceptors (Lipinski definition) is 7. The first kappa shape index (κ1) is 24.0. The van der Waals surface area contributed by atoms with Gasteiger partial charge in [0.1, 0.15) is 0 Å². The quantitative estimate of drug-likeness (QED) is 0.404. The third kappa shape index (κ3) is 5.48. The van der Waals surface area contributed by atoms with E-state index in [0.29, 0.717) is 17.8 Å². The molecule has 2 N–H and O–H groups in total. The summed E-state index contributed by atoms with van der Waals surface area (Å²) in [5.74, 6) is 0.917. The number of ether oxygens (including phenoxy) is 1. The minimum atomic E-state index is -0.907. The summed E-state index contributed by atoms with van der Waals surface area (Å²) in [6.07, 6.45) is 1.11. The molecule has 1 aliphatic rings. The molecule has 0 saturated carbocycles. The molecule has 34 heavy (non-hydrogen) atoms. The number of thioether (sulfide) groups is 1. The summed E-state index contributed by atoms with van der Waals surface area (Å²) in [4.78, 5) is 23.4. The highest BCUT2D eigenvalue weighted by molar-refractivity contribution is 7.99. The Morgan fingerprint density at radius 1 is 1.24 bits per heavy atom. The van der Waals surface area contributed by atoms with Crippen LogP contribution in [0.15, 0.2) is 47.4 Å². The zero-order valence-electron chi connectivity index (χ0n) is 19.2. The van der Waals surface area contributed by atoms with Crippen LogP contribution in [0.5, 0.6) is 5.75 Å². The molecule has 1 aromatic heterocycles.